The highest BCUT2D eigenvalue weighted by Crippen LogP contribution is 2.26. The summed E-state index contributed by atoms with van der Waals surface area (Å²) >= 11 is 0. The largest absolute Gasteiger partial charge is 0.478 e. The Morgan fingerprint density at radius 3 is 2.19 bits per heavy atom. The van der Waals surface area contributed by atoms with Crippen molar-refractivity contribution in [3.8, 4) is 0 Å². The summed E-state index contributed by atoms with van der Waals surface area (Å²) in [7, 11) is 1.77. The van der Waals surface area contributed by atoms with Gasteiger partial charge in [-0.3, -0.25) is 4.79 Å². The van der Waals surface area contributed by atoms with Crippen molar-refractivity contribution in [3.05, 3.63) is 34.4 Å². The first-order chi connectivity index (χ1) is 9.91. The van der Waals surface area contributed by atoms with Crippen LogP contribution in [0.3, 0.4) is 0 Å². The predicted molar refractivity (Wildman–Crippen MR) is 81.8 cm³/mol. The van der Waals surface area contributed by atoms with Gasteiger partial charge in [-0.25, -0.2) is 4.79 Å². The van der Waals surface area contributed by atoms with Gasteiger partial charge < -0.3 is 10.0 Å². The number of benzene rings is 1. The van der Waals surface area contributed by atoms with Crippen LogP contribution in [0.5, 0.6) is 0 Å². The molecule has 1 N–H and O–H groups in total. The Balaban J connectivity index is 2.29. The summed E-state index contributed by atoms with van der Waals surface area (Å²) in [6.07, 6.45) is 4.79. The van der Waals surface area contributed by atoms with Crippen molar-refractivity contribution in [3.63, 3.8) is 0 Å². The lowest BCUT2D eigenvalue weighted by atomic mass is 9.96. The summed E-state index contributed by atoms with van der Waals surface area (Å²) in [4.78, 5) is 25.9. The maximum atomic E-state index is 12.7. The van der Waals surface area contributed by atoms with E-state index in [2.05, 4.69) is 0 Å². The molecule has 0 unspecified atom stereocenters. The van der Waals surface area contributed by atoms with Crippen molar-refractivity contribution in [1.29, 1.82) is 0 Å². The monoisotopic (exact) mass is 289 g/mol. The van der Waals surface area contributed by atoms with Gasteiger partial charge in [-0.05, 0) is 43.7 Å². The summed E-state index contributed by atoms with van der Waals surface area (Å²) in [6, 6.07) is 3.57. The lowest BCUT2D eigenvalue weighted by Gasteiger charge is -2.23. The predicted octanol–water partition coefficient (Wildman–Crippen LogP) is 3.26. The van der Waals surface area contributed by atoms with E-state index >= 15 is 0 Å². The highest BCUT2D eigenvalue weighted by molar-refractivity contribution is 6.06. The standard InChI is InChI=1S/C17H23NO3/c1-11-8-9-12(2)15(17(20)21)14(11)16(19)18(3)10-13-6-4-5-7-13/h8-9,13H,4-7,10H2,1-3H3,(H,20,21). The van der Waals surface area contributed by atoms with Crippen LogP contribution in [-0.2, 0) is 0 Å². The van der Waals surface area contributed by atoms with Crippen LogP contribution < -0.4 is 0 Å². The van der Waals surface area contributed by atoms with E-state index in [-0.39, 0.29) is 11.5 Å². The second kappa shape index (κ2) is 6.29. The number of hydrogen-bond donors (Lipinski definition) is 1. The fraction of sp³-hybridized carbons (Fsp3) is 0.529. The van der Waals surface area contributed by atoms with Crippen LogP contribution in [0.4, 0.5) is 0 Å². The lowest BCUT2D eigenvalue weighted by molar-refractivity contribution is 0.0677. The molecule has 0 saturated heterocycles. The molecule has 114 valence electrons. The van der Waals surface area contributed by atoms with E-state index in [9.17, 15) is 14.7 Å². The molecule has 1 aliphatic rings. The summed E-state index contributed by atoms with van der Waals surface area (Å²) in [5.74, 6) is -0.661. The van der Waals surface area contributed by atoms with E-state index in [1.54, 1.807) is 31.9 Å². The smallest absolute Gasteiger partial charge is 0.336 e. The van der Waals surface area contributed by atoms with Crippen LogP contribution in [0.2, 0.25) is 0 Å². The minimum Gasteiger partial charge on any atom is -0.478 e. The zero-order valence-corrected chi connectivity index (χ0v) is 13.0. The van der Waals surface area contributed by atoms with E-state index in [0.29, 0.717) is 23.6 Å². The average Bonchev–Trinajstić information content (AvgIpc) is 2.92. The number of carboxylic acids is 1. The third-order valence-corrected chi connectivity index (χ3v) is 4.40. The second-order valence-electron chi connectivity index (χ2n) is 6.09. The Labute approximate surface area is 125 Å². The van der Waals surface area contributed by atoms with Gasteiger partial charge in [-0.2, -0.15) is 0 Å². The number of amides is 1. The van der Waals surface area contributed by atoms with Gasteiger partial charge in [0.2, 0.25) is 0 Å². The summed E-state index contributed by atoms with van der Waals surface area (Å²) < 4.78 is 0. The fourth-order valence-corrected chi connectivity index (χ4v) is 3.22. The Kier molecular flexibility index (Phi) is 4.66. The molecular formula is C17H23NO3. The average molecular weight is 289 g/mol. The molecule has 21 heavy (non-hydrogen) atoms. The third-order valence-electron chi connectivity index (χ3n) is 4.40. The quantitative estimate of drug-likeness (QED) is 0.925. The topological polar surface area (TPSA) is 57.6 Å². The van der Waals surface area contributed by atoms with Gasteiger partial charge in [0.25, 0.3) is 5.91 Å². The molecule has 1 amide bonds. The summed E-state index contributed by atoms with van der Waals surface area (Å²) in [5.41, 5.74) is 1.83. The molecule has 0 bridgehead atoms. The lowest BCUT2D eigenvalue weighted by Crippen LogP contribution is -2.33. The summed E-state index contributed by atoms with van der Waals surface area (Å²) in [5, 5.41) is 9.42. The first-order valence-corrected chi connectivity index (χ1v) is 7.50. The van der Waals surface area contributed by atoms with Crippen LogP contribution >= 0.6 is 0 Å². The molecule has 0 heterocycles. The maximum Gasteiger partial charge on any atom is 0.336 e. The van der Waals surface area contributed by atoms with Crippen molar-refractivity contribution in [2.75, 3.05) is 13.6 Å². The third kappa shape index (κ3) is 3.26. The van der Waals surface area contributed by atoms with Crippen molar-refractivity contribution in [2.24, 2.45) is 5.92 Å². The molecule has 0 aliphatic heterocycles. The highest BCUT2D eigenvalue weighted by Gasteiger charge is 2.26. The van der Waals surface area contributed by atoms with Crippen molar-refractivity contribution >= 4 is 11.9 Å². The van der Waals surface area contributed by atoms with Crippen LogP contribution in [-0.4, -0.2) is 35.5 Å². The van der Waals surface area contributed by atoms with Crippen molar-refractivity contribution < 1.29 is 14.7 Å². The second-order valence-corrected chi connectivity index (χ2v) is 6.09. The minimum atomic E-state index is -1.03. The SMILES string of the molecule is Cc1ccc(C)c(C(=O)N(C)CC2CCCC2)c1C(=O)O. The first-order valence-electron chi connectivity index (χ1n) is 7.50. The van der Waals surface area contributed by atoms with E-state index in [0.717, 1.165) is 18.4 Å². The molecule has 0 atom stereocenters. The Bertz CT molecular complexity index is 559. The van der Waals surface area contributed by atoms with Crippen LogP contribution in [0, 0.1) is 19.8 Å². The maximum absolute atomic E-state index is 12.7. The molecule has 1 fully saturated rings. The number of hydrogen-bond acceptors (Lipinski definition) is 2. The summed E-state index contributed by atoms with van der Waals surface area (Å²) in [6.45, 7) is 4.24. The minimum absolute atomic E-state index is 0.137. The van der Waals surface area contributed by atoms with E-state index in [1.807, 2.05) is 6.07 Å². The molecule has 1 aliphatic carbocycles. The molecule has 0 aromatic heterocycles. The van der Waals surface area contributed by atoms with Crippen LogP contribution in [0.25, 0.3) is 0 Å². The van der Waals surface area contributed by atoms with Crippen molar-refractivity contribution in [1.82, 2.24) is 4.90 Å². The van der Waals surface area contributed by atoms with Gasteiger partial charge in [-0.15, -0.1) is 0 Å². The Morgan fingerprint density at radius 1 is 1.14 bits per heavy atom. The van der Waals surface area contributed by atoms with Gasteiger partial charge in [0.05, 0.1) is 11.1 Å². The van der Waals surface area contributed by atoms with Gasteiger partial charge in [-0.1, -0.05) is 25.0 Å². The molecule has 1 aromatic rings. The number of aromatic carboxylic acids is 1. The van der Waals surface area contributed by atoms with E-state index in [4.69, 9.17) is 0 Å². The molecule has 0 spiro atoms. The zero-order valence-electron chi connectivity index (χ0n) is 13.0. The van der Waals surface area contributed by atoms with Crippen molar-refractivity contribution in [2.45, 2.75) is 39.5 Å². The zero-order chi connectivity index (χ0) is 15.6. The number of aryl methyl sites for hydroxylation is 2. The molecule has 1 saturated carbocycles. The normalized spacial score (nSPS) is 15.2. The number of carbonyl (C=O) groups is 2. The van der Waals surface area contributed by atoms with Crippen LogP contribution in [0.15, 0.2) is 12.1 Å². The number of carboxylic acid groups (broad SMARTS) is 1. The van der Waals surface area contributed by atoms with Gasteiger partial charge in [0.1, 0.15) is 0 Å². The first kappa shape index (κ1) is 15.5. The molecule has 1 aromatic carbocycles. The highest BCUT2D eigenvalue weighted by atomic mass is 16.4. The van der Waals surface area contributed by atoms with Crippen LogP contribution in [0.1, 0.15) is 57.5 Å². The number of rotatable bonds is 4. The number of carbonyl (C=O) groups excluding carboxylic acids is 1. The molecule has 4 heteroatoms. The number of nitrogens with zero attached hydrogens (tertiary/aromatic N) is 1. The Hall–Kier alpha value is -1.84. The molecule has 4 nitrogen and oxygen atoms in total. The van der Waals surface area contributed by atoms with E-state index in [1.165, 1.54) is 12.8 Å². The Morgan fingerprint density at radius 2 is 1.67 bits per heavy atom. The fourth-order valence-electron chi connectivity index (χ4n) is 3.22. The van der Waals surface area contributed by atoms with Gasteiger partial charge >= 0.3 is 5.97 Å². The molecule has 2 rings (SSSR count). The molecular weight excluding hydrogens is 266 g/mol. The van der Waals surface area contributed by atoms with E-state index < -0.39 is 5.97 Å². The molecule has 0 radical (unpaired) electrons. The van der Waals surface area contributed by atoms with Gasteiger partial charge in [0, 0.05) is 13.6 Å². The van der Waals surface area contributed by atoms with Gasteiger partial charge in [0.15, 0.2) is 0 Å².